The van der Waals surface area contributed by atoms with Crippen LogP contribution in [0.3, 0.4) is 0 Å². The zero-order valence-electron chi connectivity index (χ0n) is 4.52. The summed E-state index contributed by atoms with van der Waals surface area (Å²) in [6, 6.07) is 0.625. The third-order valence-corrected chi connectivity index (χ3v) is 1.25. The smallest absolute Gasteiger partial charge is 0.0542 e. The Morgan fingerprint density at radius 3 is 3.00 bits per heavy atom. The van der Waals surface area contributed by atoms with Gasteiger partial charge in [-0.1, -0.05) is 0 Å². The molecular formula is C5H10N2. The van der Waals surface area contributed by atoms with E-state index in [1.165, 1.54) is 0 Å². The molecule has 1 unspecified atom stereocenters. The first-order valence-corrected chi connectivity index (χ1v) is 2.59. The summed E-state index contributed by atoms with van der Waals surface area (Å²) < 4.78 is 0. The van der Waals surface area contributed by atoms with Gasteiger partial charge in [0.2, 0.25) is 0 Å². The lowest BCUT2D eigenvalue weighted by Gasteiger charge is -2.01. The molecule has 1 aliphatic heterocycles. The van der Waals surface area contributed by atoms with Gasteiger partial charge in [-0.2, -0.15) is 0 Å². The van der Waals surface area contributed by atoms with Gasteiger partial charge in [0.25, 0.3) is 0 Å². The van der Waals surface area contributed by atoms with Crippen LogP contribution in [0.15, 0.2) is 4.99 Å². The van der Waals surface area contributed by atoms with Crippen molar-refractivity contribution in [2.75, 3.05) is 13.6 Å². The van der Waals surface area contributed by atoms with Gasteiger partial charge in [0.05, 0.1) is 6.54 Å². The van der Waals surface area contributed by atoms with Crippen molar-refractivity contribution in [3.63, 3.8) is 0 Å². The molecule has 0 aromatic rings. The van der Waals surface area contributed by atoms with Crippen molar-refractivity contribution in [1.29, 1.82) is 0 Å². The fourth-order valence-corrected chi connectivity index (χ4v) is 0.687. The highest BCUT2D eigenvalue weighted by Gasteiger charge is 2.05. The predicted molar refractivity (Wildman–Crippen MR) is 30.8 cm³/mol. The average Bonchev–Trinajstić information content (AvgIpc) is 2.14. The summed E-state index contributed by atoms with van der Waals surface area (Å²) in [7, 11) is 1.97. The molecule has 0 aromatic carbocycles. The number of likely N-dealkylation sites (N-methyl/N-ethyl adjacent to an activating group) is 1. The predicted octanol–water partition coefficient (Wildman–Crippen LogP) is 0.0489. The molecule has 1 atom stereocenters. The Kier molecular flexibility index (Phi) is 1.42. The van der Waals surface area contributed by atoms with Crippen LogP contribution in [0.1, 0.15) is 6.42 Å². The molecular weight excluding hydrogens is 88.1 g/mol. The zero-order chi connectivity index (χ0) is 5.11. The van der Waals surface area contributed by atoms with Gasteiger partial charge >= 0.3 is 0 Å². The third-order valence-electron chi connectivity index (χ3n) is 1.25. The normalized spacial score (nSPS) is 29.0. The standard InChI is InChI=1S/C5H10N2/c1-6-5-2-3-7-4-5/h3,5-6H,2,4H2,1H3. The maximum Gasteiger partial charge on any atom is 0.0542 e. The molecule has 0 spiro atoms. The first-order chi connectivity index (χ1) is 3.43. The van der Waals surface area contributed by atoms with E-state index < -0.39 is 0 Å². The molecule has 0 aromatic heterocycles. The van der Waals surface area contributed by atoms with Gasteiger partial charge < -0.3 is 5.32 Å². The van der Waals surface area contributed by atoms with Crippen LogP contribution in [0.4, 0.5) is 0 Å². The summed E-state index contributed by atoms with van der Waals surface area (Å²) in [5, 5.41) is 3.14. The number of hydrogen-bond donors (Lipinski definition) is 1. The number of hydrogen-bond acceptors (Lipinski definition) is 2. The zero-order valence-corrected chi connectivity index (χ0v) is 4.52. The van der Waals surface area contributed by atoms with E-state index in [4.69, 9.17) is 0 Å². The van der Waals surface area contributed by atoms with Crippen molar-refractivity contribution in [3.05, 3.63) is 0 Å². The topological polar surface area (TPSA) is 24.4 Å². The van der Waals surface area contributed by atoms with Crippen LogP contribution in [0.25, 0.3) is 0 Å². The minimum absolute atomic E-state index is 0.625. The molecule has 0 bridgehead atoms. The fourth-order valence-electron chi connectivity index (χ4n) is 0.687. The van der Waals surface area contributed by atoms with Crippen LogP contribution in [0.5, 0.6) is 0 Å². The molecule has 0 amide bonds. The summed E-state index contributed by atoms with van der Waals surface area (Å²) in [6.07, 6.45) is 3.08. The van der Waals surface area contributed by atoms with E-state index in [9.17, 15) is 0 Å². The molecule has 2 heteroatoms. The first kappa shape index (κ1) is 4.78. The van der Waals surface area contributed by atoms with Gasteiger partial charge in [-0.3, -0.25) is 4.99 Å². The Bertz CT molecular complexity index is 70.1. The van der Waals surface area contributed by atoms with E-state index in [0.29, 0.717) is 6.04 Å². The lowest BCUT2D eigenvalue weighted by Crippen LogP contribution is -2.24. The molecule has 0 radical (unpaired) electrons. The molecule has 0 saturated carbocycles. The van der Waals surface area contributed by atoms with Crippen LogP contribution in [0, 0.1) is 0 Å². The molecule has 0 saturated heterocycles. The Morgan fingerprint density at radius 2 is 2.71 bits per heavy atom. The maximum atomic E-state index is 4.05. The van der Waals surface area contributed by atoms with E-state index >= 15 is 0 Å². The Labute approximate surface area is 43.6 Å². The van der Waals surface area contributed by atoms with Crippen LogP contribution in [-0.2, 0) is 0 Å². The minimum atomic E-state index is 0.625. The number of rotatable bonds is 1. The Hall–Kier alpha value is -0.370. The fraction of sp³-hybridized carbons (Fsp3) is 0.800. The SMILES string of the molecule is CNC1CC=NC1. The monoisotopic (exact) mass is 98.1 g/mol. The van der Waals surface area contributed by atoms with Crippen LogP contribution < -0.4 is 5.32 Å². The second kappa shape index (κ2) is 2.07. The summed E-state index contributed by atoms with van der Waals surface area (Å²) in [5.41, 5.74) is 0. The molecule has 1 N–H and O–H groups in total. The van der Waals surface area contributed by atoms with E-state index in [-0.39, 0.29) is 0 Å². The van der Waals surface area contributed by atoms with Crippen molar-refractivity contribution < 1.29 is 0 Å². The molecule has 7 heavy (non-hydrogen) atoms. The van der Waals surface area contributed by atoms with Gasteiger partial charge in [0.15, 0.2) is 0 Å². The highest BCUT2D eigenvalue weighted by atomic mass is 14.9. The third kappa shape index (κ3) is 0.996. The molecule has 1 aliphatic rings. The average molecular weight is 98.1 g/mol. The van der Waals surface area contributed by atoms with Crippen molar-refractivity contribution in [2.24, 2.45) is 4.99 Å². The van der Waals surface area contributed by atoms with E-state index in [1.807, 2.05) is 13.3 Å². The summed E-state index contributed by atoms with van der Waals surface area (Å²) >= 11 is 0. The van der Waals surface area contributed by atoms with Crippen molar-refractivity contribution >= 4 is 6.21 Å². The van der Waals surface area contributed by atoms with E-state index in [2.05, 4.69) is 10.3 Å². The molecule has 1 heterocycles. The van der Waals surface area contributed by atoms with Gasteiger partial charge in [-0.05, 0) is 13.5 Å². The first-order valence-electron chi connectivity index (χ1n) is 2.59. The Balaban J connectivity index is 2.22. The largest absolute Gasteiger partial charge is 0.315 e. The molecule has 1 rings (SSSR count). The van der Waals surface area contributed by atoms with Crippen LogP contribution in [-0.4, -0.2) is 25.8 Å². The highest BCUT2D eigenvalue weighted by molar-refractivity contribution is 5.60. The second-order valence-corrected chi connectivity index (χ2v) is 1.77. The van der Waals surface area contributed by atoms with Gasteiger partial charge in [0, 0.05) is 12.3 Å². The number of nitrogens with zero attached hydrogens (tertiary/aromatic N) is 1. The van der Waals surface area contributed by atoms with E-state index in [0.717, 1.165) is 13.0 Å². The maximum absolute atomic E-state index is 4.05. The molecule has 40 valence electrons. The minimum Gasteiger partial charge on any atom is -0.315 e. The van der Waals surface area contributed by atoms with Gasteiger partial charge in [-0.15, -0.1) is 0 Å². The van der Waals surface area contributed by atoms with Crippen LogP contribution in [0.2, 0.25) is 0 Å². The molecule has 2 nitrogen and oxygen atoms in total. The second-order valence-electron chi connectivity index (χ2n) is 1.77. The number of aliphatic imine (C=N–C) groups is 1. The lowest BCUT2D eigenvalue weighted by molar-refractivity contribution is 0.621. The van der Waals surface area contributed by atoms with Crippen molar-refractivity contribution in [2.45, 2.75) is 12.5 Å². The summed E-state index contributed by atoms with van der Waals surface area (Å²) in [4.78, 5) is 4.05. The highest BCUT2D eigenvalue weighted by Crippen LogP contribution is 1.95. The Morgan fingerprint density at radius 1 is 1.86 bits per heavy atom. The van der Waals surface area contributed by atoms with E-state index in [1.54, 1.807) is 0 Å². The van der Waals surface area contributed by atoms with Crippen LogP contribution >= 0.6 is 0 Å². The molecule has 0 aliphatic carbocycles. The molecule has 0 fully saturated rings. The summed E-state index contributed by atoms with van der Waals surface area (Å²) in [5.74, 6) is 0. The number of nitrogens with one attached hydrogen (secondary N) is 1. The summed E-state index contributed by atoms with van der Waals surface area (Å²) in [6.45, 7) is 0.969. The van der Waals surface area contributed by atoms with Gasteiger partial charge in [0.1, 0.15) is 0 Å². The quantitative estimate of drug-likeness (QED) is 0.492. The van der Waals surface area contributed by atoms with Crippen molar-refractivity contribution in [3.8, 4) is 0 Å². The van der Waals surface area contributed by atoms with Gasteiger partial charge in [-0.25, -0.2) is 0 Å². The lowest BCUT2D eigenvalue weighted by atomic mass is 10.3. The van der Waals surface area contributed by atoms with Crippen molar-refractivity contribution in [1.82, 2.24) is 5.32 Å².